The topological polar surface area (TPSA) is 110 Å². The summed E-state index contributed by atoms with van der Waals surface area (Å²) in [7, 11) is 0. The Morgan fingerprint density at radius 1 is 1.16 bits per heavy atom. The summed E-state index contributed by atoms with van der Waals surface area (Å²) in [6.45, 7) is 9.35. The summed E-state index contributed by atoms with van der Waals surface area (Å²) < 4.78 is 10.1. The van der Waals surface area contributed by atoms with Crippen LogP contribution in [0.3, 0.4) is 0 Å². The molecule has 0 radical (unpaired) electrons. The van der Waals surface area contributed by atoms with Crippen molar-refractivity contribution in [2.45, 2.75) is 46.3 Å². The lowest BCUT2D eigenvalue weighted by Crippen LogP contribution is -2.51. The first-order valence-corrected chi connectivity index (χ1v) is 8.19. The van der Waals surface area contributed by atoms with Crippen molar-refractivity contribution in [3.05, 3.63) is 24.2 Å². The molecule has 3 N–H and O–H groups in total. The highest BCUT2D eigenvalue weighted by Crippen LogP contribution is 2.08. The number of carbonyl (C=O) groups excluding carboxylic acids is 3. The molecule has 0 aliphatic rings. The Balaban J connectivity index is 2.40. The van der Waals surface area contributed by atoms with Crippen molar-refractivity contribution in [1.82, 2.24) is 16.0 Å². The van der Waals surface area contributed by atoms with Crippen molar-refractivity contribution in [1.29, 1.82) is 0 Å². The smallest absolute Gasteiger partial charge is 0.408 e. The number of rotatable bonds is 7. The van der Waals surface area contributed by atoms with Crippen LogP contribution >= 0.6 is 0 Å². The Bertz CT molecular complexity index is 576. The summed E-state index contributed by atoms with van der Waals surface area (Å²) in [6, 6.07) is 2.44. The van der Waals surface area contributed by atoms with Crippen LogP contribution in [-0.2, 0) is 9.53 Å². The maximum absolute atomic E-state index is 12.2. The van der Waals surface area contributed by atoms with Gasteiger partial charge in [-0.3, -0.25) is 9.59 Å². The second kappa shape index (κ2) is 9.10. The second-order valence-electron chi connectivity index (χ2n) is 6.89. The van der Waals surface area contributed by atoms with E-state index in [2.05, 4.69) is 16.0 Å². The number of amides is 3. The highest BCUT2D eigenvalue weighted by molar-refractivity contribution is 5.91. The summed E-state index contributed by atoms with van der Waals surface area (Å²) in [5, 5.41) is 7.87. The predicted molar refractivity (Wildman–Crippen MR) is 92.0 cm³/mol. The summed E-state index contributed by atoms with van der Waals surface area (Å²) in [5.74, 6) is -0.608. The Labute approximate surface area is 147 Å². The fourth-order valence-corrected chi connectivity index (χ4v) is 1.94. The van der Waals surface area contributed by atoms with Crippen molar-refractivity contribution in [3.63, 3.8) is 0 Å². The van der Waals surface area contributed by atoms with E-state index in [9.17, 15) is 14.4 Å². The highest BCUT2D eigenvalue weighted by atomic mass is 16.6. The Morgan fingerprint density at radius 3 is 2.32 bits per heavy atom. The quantitative estimate of drug-likeness (QED) is 0.646. The van der Waals surface area contributed by atoms with Crippen LogP contribution in [0, 0.1) is 5.92 Å². The van der Waals surface area contributed by atoms with E-state index in [1.165, 1.54) is 6.26 Å². The fraction of sp³-hybridized carbons (Fsp3) is 0.588. The molecule has 3 amide bonds. The Hall–Kier alpha value is -2.51. The van der Waals surface area contributed by atoms with Crippen LogP contribution in [-0.4, -0.2) is 42.6 Å². The largest absolute Gasteiger partial charge is 0.459 e. The van der Waals surface area contributed by atoms with E-state index in [1.807, 2.05) is 13.8 Å². The first-order valence-electron chi connectivity index (χ1n) is 8.19. The van der Waals surface area contributed by atoms with Gasteiger partial charge in [-0.25, -0.2) is 4.79 Å². The molecule has 25 heavy (non-hydrogen) atoms. The van der Waals surface area contributed by atoms with Crippen molar-refractivity contribution in [2.75, 3.05) is 13.1 Å². The van der Waals surface area contributed by atoms with Gasteiger partial charge in [-0.15, -0.1) is 0 Å². The molecule has 0 spiro atoms. The maximum atomic E-state index is 12.2. The Morgan fingerprint density at radius 2 is 1.80 bits per heavy atom. The molecule has 0 saturated carbocycles. The van der Waals surface area contributed by atoms with Crippen LogP contribution < -0.4 is 16.0 Å². The van der Waals surface area contributed by atoms with E-state index in [4.69, 9.17) is 9.15 Å². The summed E-state index contributed by atoms with van der Waals surface area (Å²) in [6.07, 6.45) is 0.763. The molecule has 8 heteroatoms. The molecular weight excluding hydrogens is 326 g/mol. The number of furan rings is 1. The summed E-state index contributed by atoms with van der Waals surface area (Å²) in [5.41, 5.74) is -0.641. The first kappa shape index (κ1) is 20.5. The minimum absolute atomic E-state index is 0.120. The Kier molecular flexibility index (Phi) is 7.47. The molecule has 0 bridgehead atoms. The molecular formula is C17H27N3O5. The second-order valence-corrected chi connectivity index (χ2v) is 6.89. The van der Waals surface area contributed by atoms with Gasteiger partial charge in [0.15, 0.2) is 5.76 Å². The average molecular weight is 353 g/mol. The minimum atomic E-state index is -0.726. The van der Waals surface area contributed by atoms with Gasteiger partial charge >= 0.3 is 6.09 Å². The van der Waals surface area contributed by atoms with Gasteiger partial charge in [0.25, 0.3) is 5.91 Å². The third kappa shape index (κ3) is 7.73. The normalized spacial score (nSPS) is 12.4. The molecule has 1 aromatic heterocycles. The van der Waals surface area contributed by atoms with Gasteiger partial charge in [0.2, 0.25) is 5.91 Å². The number of ether oxygens (including phenoxy) is 1. The van der Waals surface area contributed by atoms with Crippen molar-refractivity contribution in [2.24, 2.45) is 5.92 Å². The van der Waals surface area contributed by atoms with Crippen LogP contribution in [0.25, 0.3) is 0 Å². The highest BCUT2D eigenvalue weighted by Gasteiger charge is 2.26. The van der Waals surface area contributed by atoms with Crippen LogP contribution in [0.1, 0.15) is 45.2 Å². The molecule has 0 aromatic carbocycles. The van der Waals surface area contributed by atoms with Crippen molar-refractivity contribution >= 4 is 17.9 Å². The lowest BCUT2D eigenvalue weighted by molar-refractivity contribution is -0.124. The minimum Gasteiger partial charge on any atom is -0.459 e. The monoisotopic (exact) mass is 353 g/mol. The van der Waals surface area contributed by atoms with E-state index >= 15 is 0 Å². The molecule has 8 nitrogen and oxygen atoms in total. The van der Waals surface area contributed by atoms with Crippen molar-refractivity contribution in [3.8, 4) is 0 Å². The van der Waals surface area contributed by atoms with Crippen LogP contribution in [0.15, 0.2) is 22.8 Å². The van der Waals surface area contributed by atoms with Crippen molar-refractivity contribution < 1.29 is 23.5 Å². The van der Waals surface area contributed by atoms with Crippen LogP contribution in [0.4, 0.5) is 4.79 Å². The molecule has 0 aliphatic heterocycles. The molecule has 1 rings (SSSR count). The number of hydrogen-bond acceptors (Lipinski definition) is 5. The zero-order valence-corrected chi connectivity index (χ0v) is 15.3. The van der Waals surface area contributed by atoms with Gasteiger partial charge in [0.05, 0.1) is 6.26 Å². The molecule has 1 unspecified atom stereocenters. The van der Waals surface area contributed by atoms with Gasteiger partial charge < -0.3 is 25.1 Å². The first-order chi connectivity index (χ1) is 11.6. The lowest BCUT2D eigenvalue weighted by atomic mass is 10.0. The van der Waals surface area contributed by atoms with E-state index in [1.54, 1.807) is 32.9 Å². The molecule has 0 aliphatic carbocycles. The third-order valence-corrected chi connectivity index (χ3v) is 3.08. The maximum Gasteiger partial charge on any atom is 0.408 e. The zero-order valence-electron chi connectivity index (χ0n) is 15.3. The van der Waals surface area contributed by atoms with Gasteiger partial charge in [-0.1, -0.05) is 13.8 Å². The molecule has 1 aromatic rings. The molecule has 1 heterocycles. The summed E-state index contributed by atoms with van der Waals surface area (Å²) in [4.78, 5) is 35.8. The average Bonchev–Trinajstić information content (AvgIpc) is 3.01. The van der Waals surface area contributed by atoms with E-state index in [0.717, 1.165) is 0 Å². The lowest BCUT2D eigenvalue weighted by Gasteiger charge is -2.25. The fourth-order valence-electron chi connectivity index (χ4n) is 1.94. The molecule has 140 valence electrons. The SMILES string of the molecule is CC(C)C(NC(=O)OC(C)(C)C)C(=O)NCCNC(=O)c1ccco1. The zero-order chi connectivity index (χ0) is 19.0. The third-order valence-electron chi connectivity index (χ3n) is 3.08. The predicted octanol–water partition coefficient (Wildman–Crippen LogP) is 1.67. The number of alkyl carbamates (subject to hydrolysis) is 1. The van der Waals surface area contributed by atoms with E-state index in [0.29, 0.717) is 0 Å². The van der Waals surface area contributed by atoms with Gasteiger partial charge in [0, 0.05) is 13.1 Å². The van der Waals surface area contributed by atoms with Gasteiger partial charge in [-0.05, 0) is 38.8 Å². The summed E-state index contributed by atoms with van der Waals surface area (Å²) >= 11 is 0. The number of carbonyl (C=O) groups is 3. The van der Waals surface area contributed by atoms with Gasteiger partial charge in [0.1, 0.15) is 11.6 Å². The molecule has 1 atom stereocenters. The molecule has 0 saturated heterocycles. The standard InChI is InChI=1S/C17H27N3O5/c1-11(2)13(20-16(23)25-17(3,4)5)15(22)19-9-8-18-14(21)12-7-6-10-24-12/h6-7,10-11,13H,8-9H2,1-5H3,(H,18,21)(H,19,22)(H,20,23). The number of nitrogens with one attached hydrogen (secondary N) is 3. The van der Waals surface area contributed by atoms with E-state index < -0.39 is 17.7 Å². The number of hydrogen-bond donors (Lipinski definition) is 3. The molecule has 0 fully saturated rings. The van der Waals surface area contributed by atoms with E-state index in [-0.39, 0.29) is 36.6 Å². The van der Waals surface area contributed by atoms with Crippen LogP contribution in [0.2, 0.25) is 0 Å². The van der Waals surface area contributed by atoms with Crippen LogP contribution in [0.5, 0.6) is 0 Å². The van der Waals surface area contributed by atoms with Gasteiger partial charge in [-0.2, -0.15) is 0 Å².